The second kappa shape index (κ2) is 5.24. The Morgan fingerprint density at radius 2 is 2.11 bits per heavy atom. The lowest BCUT2D eigenvalue weighted by Gasteiger charge is -2.09. The van der Waals surface area contributed by atoms with Crippen molar-refractivity contribution >= 4 is 29.1 Å². The molecule has 0 aliphatic heterocycles. The van der Waals surface area contributed by atoms with Crippen LogP contribution in [0.3, 0.4) is 0 Å². The number of nitrogens with one attached hydrogen (secondary N) is 1. The normalized spacial score (nSPS) is 10.3. The minimum absolute atomic E-state index is 0.0462. The largest absolute Gasteiger partial charge is 0.478 e. The lowest BCUT2D eigenvalue weighted by Crippen LogP contribution is -2.02. The van der Waals surface area contributed by atoms with Crippen LogP contribution in [0.5, 0.6) is 0 Å². The number of carboxylic acid groups (broad SMARTS) is 1. The van der Waals surface area contributed by atoms with Crippen molar-refractivity contribution in [2.75, 3.05) is 5.32 Å². The highest BCUT2D eigenvalue weighted by atomic mass is 35.5. The predicted octanol–water partition coefficient (Wildman–Crippen LogP) is 3.19. The van der Waals surface area contributed by atoms with E-state index in [1.807, 2.05) is 13.8 Å². The fourth-order valence-corrected chi connectivity index (χ4v) is 1.76. The molecule has 0 bridgehead atoms. The molecule has 0 saturated carbocycles. The van der Waals surface area contributed by atoms with Crippen LogP contribution >= 0.6 is 11.6 Å². The number of nitrogens with zero attached hydrogens (tertiary/aromatic N) is 2. The van der Waals surface area contributed by atoms with E-state index in [0.29, 0.717) is 11.5 Å². The molecule has 0 saturated heterocycles. The van der Waals surface area contributed by atoms with Gasteiger partial charge in [0.25, 0.3) is 0 Å². The summed E-state index contributed by atoms with van der Waals surface area (Å²) in [4.78, 5) is 19.5. The maximum absolute atomic E-state index is 11.0. The van der Waals surface area contributed by atoms with Crippen molar-refractivity contribution in [2.24, 2.45) is 0 Å². The van der Waals surface area contributed by atoms with Crippen molar-refractivity contribution in [3.8, 4) is 0 Å². The zero-order valence-corrected chi connectivity index (χ0v) is 11.2. The van der Waals surface area contributed by atoms with Gasteiger partial charge >= 0.3 is 5.97 Å². The zero-order chi connectivity index (χ0) is 14.0. The first-order valence-electron chi connectivity index (χ1n) is 5.57. The van der Waals surface area contributed by atoms with Gasteiger partial charge in [0, 0.05) is 11.9 Å². The standard InChI is InChI=1S/C13H12ClN3O2/c1-7-6-15-8(2)12(16-7)17-9-3-4-11(14)10(5-9)13(18)19/h3-6H,1-2H3,(H,16,17)(H,18,19). The summed E-state index contributed by atoms with van der Waals surface area (Å²) < 4.78 is 0. The Labute approximate surface area is 115 Å². The summed E-state index contributed by atoms with van der Waals surface area (Å²) in [7, 11) is 0. The second-order valence-corrected chi connectivity index (χ2v) is 4.48. The first-order valence-corrected chi connectivity index (χ1v) is 5.95. The van der Waals surface area contributed by atoms with Crippen LogP contribution in [0.15, 0.2) is 24.4 Å². The molecule has 1 heterocycles. The highest BCUT2D eigenvalue weighted by Crippen LogP contribution is 2.23. The van der Waals surface area contributed by atoms with Crippen LogP contribution in [0, 0.1) is 13.8 Å². The summed E-state index contributed by atoms with van der Waals surface area (Å²) in [5.74, 6) is -0.473. The van der Waals surface area contributed by atoms with E-state index < -0.39 is 5.97 Å². The summed E-state index contributed by atoms with van der Waals surface area (Å²) >= 11 is 5.81. The molecule has 0 aliphatic carbocycles. The fraction of sp³-hybridized carbons (Fsp3) is 0.154. The number of rotatable bonds is 3. The summed E-state index contributed by atoms with van der Waals surface area (Å²) in [5, 5.41) is 12.3. The molecule has 2 rings (SSSR count). The number of aromatic nitrogens is 2. The lowest BCUT2D eigenvalue weighted by atomic mass is 10.2. The summed E-state index contributed by atoms with van der Waals surface area (Å²) in [6, 6.07) is 4.69. The number of anilines is 2. The van der Waals surface area contributed by atoms with E-state index in [1.54, 1.807) is 12.3 Å². The van der Waals surface area contributed by atoms with Gasteiger partial charge in [-0.3, -0.25) is 4.98 Å². The molecule has 0 amide bonds. The molecule has 0 unspecified atom stereocenters. The maximum atomic E-state index is 11.0. The molecule has 98 valence electrons. The quantitative estimate of drug-likeness (QED) is 0.901. The Hall–Kier alpha value is -2.14. The van der Waals surface area contributed by atoms with Gasteiger partial charge in [-0.2, -0.15) is 0 Å². The minimum atomic E-state index is -1.07. The average Bonchev–Trinajstić information content (AvgIpc) is 2.36. The van der Waals surface area contributed by atoms with Crippen molar-refractivity contribution in [2.45, 2.75) is 13.8 Å². The molecular formula is C13H12ClN3O2. The van der Waals surface area contributed by atoms with E-state index in [0.717, 1.165) is 11.4 Å². The number of benzene rings is 1. The van der Waals surface area contributed by atoms with Gasteiger partial charge in [-0.05, 0) is 32.0 Å². The summed E-state index contributed by atoms with van der Waals surface area (Å²) in [5.41, 5.74) is 2.16. The third kappa shape index (κ3) is 3.00. The lowest BCUT2D eigenvalue weighted by molar-refractivity contribution is 0.0697. The van der Waals surface area contributed by atoms with Gasteiger partial charge in [0.05, 0.1) is 22.0 Å². The second-order valence-electron chi connectivity index (χ2n) is 4.07. The van der Waals surface area contributed by atoms with Gasteiger partial charge in [0.1, 0.15) is 0 Å². The van der Waals surface area contributed by atoms with E-state index >= 15 is 0 Å². The molecule has 5 nitrogen and oxygen atoms in total. The predicted molar refractivity (Wildman–Crippen MR) is 73.2 cm³/mol. The number of aryl methyl sites for hydroxylation is 2. The van der Waals surface area contributed by atoms with Crippen molar-refractivity contribution in [3.63, 3.8) is 0 Å². The topological polar surface area (TPSA) is 75.1 Å². The molecule has 1 aromatic carbocycles. The van der Waals surface area contributed by atoms with Crippen LogP contribution in [0.25, 0.3) is 0 Å². The van der Waals surface area contributed by atoms with Crippen molar-refractivity contribution in [1.29, 1.82) is 0 Å². The van der Waals surface area contributed by atoms with Crippen molar-refractivity contribution < 1.29 is 9.90 Å². The molecule has 2 aromatic rings. The van der Waals surface area contributed by atoms with Crippen molar-refractivity contribution in [3.05, 3.63) is 46.4 Å². The Morgan fingerprint density at radius 1 is 1.37 bits per heavy atom. The number of halogens is 1. The van der Waals surface area contributed by atoms with Crippen LogP contribution in [0.4, 0.5) is 11.5 Å². The van der Waals surface area contributed by atoms with E-state index in [2.05, 4.69) is 15.3 Å². The molecule has 0 fully saturated rings. The number of aromatic carboxylic acids is 1. The molecule has 0 atom stereocenters. The van der Waals surface area contributed by atoms with Crippen LogP contribution in [0.1, 0.15) is 21.7 Å². The first kappa shape index (κ1) is 13.3. The number of hydrogen-bond acceptors (Lipinski definition) is 4. The van der Waals surface area contributed by atoms with Gasteiger partial charge in [0.2, 0.25) is 0 Å². The Kier molecular flexibility index (Phi) is 3.66. The average molecular weight is 278 g/mol. The van der Waals surface area contributed by atoms with Gasteiger partial charge in [-0.15, -0.1) is 0 Å². The van der Waals surface area contributed by atoms with E-state index in [4.69, 9.17) is 16.7 Å². The molecule has 6 heteroatoms. The van der Waals surface area contributed by atoms with E-state index in [1.165, 1.54) is 12.1 Å². The van der Waals surface area contributed by atoms with Gasteiger partial charge in [-0.25, -0.2) is 9.78 Å². The van der Waals surface area contributed by atoms with Crippen LogP contribution in [-0.2, 0) is 0 Å². The zero-order valence-electron chi connectivity index (χ0n) is 10.4. The van der Waals surface area contributed by atoms with E-state index in [9.17, 15) is 4.79 Å². The molecule has 0 radical (unpaired) electrons. The monoisotopic (exact) mass is 277 g/mol. The van der Waals surface area contributed by atoms with Crippen LogP contribution in [-0.4, -0.2) is 21.0 Å². The van der Waals surface area contributed by atoms with Gasteiger partial charge in [-0.1, -0.05) is 11.6 Å². The van der Waals surface area contributed by atoms with Crippen LogP contribution in [0.2, 0.25) is 5.02 Å². The fourth-order valence-electron chi connectivity index (χ4n) is 1.56. The van der Waals surface area contributed by atoms with E-state index in [-0.39, 0.29) is 10.6 Å². The highest BCUT2D eigenvalue weighted by molar-refractivity contribution is 6.33. The number of hydrogen-bond donors (Lipinski definition) is 2. The minimum Gasteiger partial charge on any atom is -0.478 e. The van der Waals surface area contributed by atoms with Crippen molar-refractivity contribution in [1.82, 2.24) is 9.97 Å². The van der Waals surface area contributed by atoms with Crippen LogP contribution < -0.4 is 5.32 Å². The third-order valence-corrected chi connectivity index (χ3v) is 2.86. The Bertz CT molecular complexity index is 644. The smallest absolute Gasteiger partial charge is 0.337 e. The molecule has 0 aliphatic rings. The maximum Gasteiger partial charge on any atom is 0.337 e. The molecular weight excluding hydrogens is 266 g/mol. The molecule has 2 N–H and O–H groups in total. The highest BCUT2D eigenvalue weighted by Gasteiger charge is 2.10. The number of carbonyl (C=O) groups is 1. The molecule has 1 aromatic heterocycles. The molecule has 0 spiro atoms. The summed E-state index contributed by atoms with van der Waals surface area (Å²) in [6.07, 6.45) is 1.67. The van der Waals surface area contributed by atoms with Gasteiger partial charge < -0.3 is 10.4 Å². The van der Waals surface area contributed by atoms with Gasteiger partial charge in [0.15, 0.2) is 5.82 Å². The summed E-state index contributed by atoms with van der Waals surface area (Å²) in [6.45, 7) is 3.66. The first-order chi connectivity index (χ1) is 8.97. The SMILES string of the molecule is Cc1cnc(C)c(Nc2ccc(Cl)c(C(=O)O)c2)n1. The third-order valence-electron chi connectivity index (χ3n) is 2.54. The Morgan fingerprint density at radius 3 is 2.79 bits per heavy atom. The molecule has 19 heavy (non-hydrogen) atoms. The Balaban J connectivity index is 2.36. The number of carboxylic acids is 1.